The van der Waals surface area contributed by atoms with Gasteiger partial charge >= 0.3 is 0 Å². The number of nitrogens with two attached hydrogens (primary N) is 1. The highest BCUT2D eigenvalue weighted by atomic mass is 19.1. The number of hydrogen-bond donors (Lipinski definition) is 2. The van der Waals surface area contributed by atoms with Crippen LogP contribution in [0.25, 0.3) is 0 Å². The van der Waals surface area contributed by atoms with Crippen molar-refractivity contribution in [2.45, 2.75) is 19.8 Å². The van der Waals surface area contributed by atoms with Crippen molar-refractivity contribution in [1.82, 2.24) is 0 Å². The summed E-state index contributed by atoms with van der Waals surface area (Å²) in [4.78, 5) is 1.90. The van der Waals surface area contributed by atoms with Crippen LogP contribution in [0.1, 0.15) is 25.3 Å². The second-order valence-electron chi connectivity index (χ2n) is 3.89. The molecule has 94 valence electrons. The molecular weight excluding hydrogens is 221 g/mol. The minimum atomic E-state index is -0.485. The summed E-state index contributed by atoms with van der Waals surface area (Å²) in [5, 5.41) is 11.5. The third-order valence-corrected chi connectivity index (χ3v) is 2.61. The van der Waals surface area contributed by atoms with Crippen molar-refractivity contribution in [1.29, 1.82) is 0 Å². The molecule has 0 aliphatic heterocycles. The van der Waals surface area contributed by atoms with Gasteiger partial charge < -0.3 is 15.8 Å². The van der Waals surface area contributed by atoms with Gasteiger partial charge in [0, 0.05) is 13.6 Å². The third kappa shape index (κ3) is 3.09. The van der Waals surface area contributed by atoms with E-state index in [1.54, 1.807) is 12.1 Å². The van der Waals surface area contributed by atoms with E-state index in [1.165, 1.54) is 6.07 Å². The van der Waals surface area contributed by atoms with Gasteiger partial charge in [-0.3, -0.25) is 0 Å². The number of benzene rings is 1. The number of halogens is 1. The Hall–Kier alpha value is -1.78. The van der Waals surface area contributed by atoms with Crippen LogP contribution >= 0.6 is 0 Å². The molecule has 1 rings (SSSR count). The summed E-state index contributed by atoms with van der Waals surface area (Å²) in [5.74, 6) is -0.692. The van der Waals surface area contributed by atoms with Gasteiger partial charge in [-0.2, -0.15) is 0 Å². The van der Waals surface area contributed by atoms with Crippen molar-refractivity contribution in [3.8, 4) is 0 Å². The Balaban J connectivity index is 3.10. The highest BCUT2D eigenvalue weighted by Crippen LogP contribution is 2.22. The molecule has 0 heterocycles. The SMILES string of the molecule is CCCCN(C)c1cccc(F)c1C(N)=NO. The van der Waals surface area contributed by atoms with Gasteiger partial charge in [-0.15, -0.1) is 0 Å². The molecule has 0 bridgehead atoms. The van der Waals surface area contributed by atoms with E-state index in [0.29, 0.717) is 5.69 Å². The summed E-state index contributed by atoms with van der Waals surface area (Å²) in [7, 11) is 1.86. The molecule has 0 unspecified atom stereocenters. The lowest BCUT2D eigenvalue weighted by Gasteiger charge is -2.22. The minimum Gasteiger partial charge on any atom is -0.409 e. The molecule has 0 spiro atoms. The Morgan fingerprint density at radius 2 is 2.24 bits per heavy atom. The van der Waals surface area contributed by atoms with E-state index in [9.17, 15) is 4.39 Å². The smallest absolute Gasteiger partial charge is 0.175 e. The number of unbranched alkanes of at least 4 members (excludes halogenated alkanes) is 1. The predicted molar refractivity (Wildman–Crippen MR) is 67.1 cm³/mol. The summed E-state index contributed by atoms with van der Waals surface area (Å²) < 4.78 is 13.7. The van der Waals surface area contributed by atoms with Crippen molar-refractivity contribution >= 4 is 11.5 Å². The Bertz CT molecular complexity index is 407. The van der Waals surface area contributed by atoms with Gasteiger partial charge in [-0.25, -0.2) is 4.39 Å². The Labute approximate surface area is 101 Å². The van der Waals surface area contributed by atoms with Crippen LogP contribution in [0.2, 0.25) is 0 Å². The largest absolute Gasteiger partial charge is 0.409 e. The van der Waals surface area contributed by atoms with Crippen LogP contribution < -0.4 is 10.6 Å². The summed E-state index contributed by atoms with van der Waals surface area (Å²) in [6.07, 6.45) is 2.06. The zero-order valence-electron chi connectivity index (χ0n) is 10.2. The minimum absolute atomic E-state index is 0.147. The van der Waals surface area contributed by atoms with E-state index < -0.39 is 5.82 Å². The van der Waals surface area contributed by atoms with Crippen molar-refractivity contribution in [3.05, 3.63) is 29.6 Å². The second kappa shape index (κ2) is 6.08. The highest BCUT2D eigenvalue weighted by molar-refractivity contribution is 6.02. The van der Waals surface area contributed by atoms with E-state index in [-0.39, 0.29) is 11.4 Å². The van der Waals surface area contributed by atoms with Gasteiger partial charge in [0.1, 0.15) is 5.82 Å². The fraction of sp³-hybridized carbons (Fsp3) is 0.417. The van der Waals surface area contributed by atoms with Crippen LogP contribution in [-0.4, -0.2) is 24.6 Å². The number of oxime groups is 1. The van der Waals surface area contributed by atoms with Crippen LogP contribution in [0.3, 0.4) is 0 Å². The molecule has 0 fully saturated rings. The van der Waals surface area contributed by atoms with Gasteiger partial charge in [0.25, 0.3) is 0 Å². The monoisotopic (exact) mass is 239 g/mol. The average molecular weight is 239 g/mol. The lowest BCUT2D eigenvalue weighted by atomic mass is 10.1. The first-order chi connectivity index (χ1) is 8.11. The number of hydrogen-bond acceptors (Lipinski definition) is 3. The molecule has 0 aliphatic rings. The molecular formula is C12H18FN3O. The van der Waals surface area contributed by atoms with Crippen LogP contribution in [0.15, 0.2) is 23.4 Å². The molecule has 0 saturated carbocycles. The molecule has 0 atom stereocenters. The zero-order chi connectivity index (χ0) is 12.8. The topological polar surface area (TPSA) is 61.8 Å². The molecule has 17 heavy (non-hydrogen) atoms. The number of nitrogens with zero attached hydrogens (tertiary/aromatic N) is 2. The van der Waals surface area contributed by atoms with Gasteiger partial charge in [0.15, 0.2) is 5.84 Å². The van der Waals surface area contributed by atoms with E-state index in [1.807, 2.05) is 11.9 Å². The van der Waals surface area contributed by atoms with Crippen LogP contribution in [0.4, 0.5) is 10.1 Å². The van der Waals surface area contributed by atoms with Crippen LogP contribution in [-0.2, 0) is 0 Å². The van der Waals surface area contributed by atoms with E-state index in [2.05, 4.69) is 12.1 Å². The Kier molecular flexibility index (Phi) is 4.75. The van der Waals surface area contributed by atoms with Crippen molar-refractivity contribution in [3.63, 3.8) is 0 Å². The second-order valence-corrected chi connectivity index (χ2v) is 3.89. The van der Waals surface area contributed by atoms with Gasteiger partial charge in [0.2, 0.25) is 0 Å². The molecule has 4 nitrogen and oxygen atoms in total. The lowest BCUT2D eigenvalue weighted by molar-refractivity contribution is 0.318. The lowest BCUT2D eigenvalue weighted by Crippen LogP contribution is -2.24. The molecule has 1 aromatic rings. The maximum atomic E-state index is 13.7. The fourth-order valence-electron chi connectivity index (χ4n) is 1.65. The van der Waals surface area contributed by atoms with Gasteiger partial charge in [-0.05, 0) is 18.6 Å². The van der Waals surface area contributed by atoms with Crippen LogP contribution in [0.5, 0.6) is 0 Å². The Morgan fingerprint density at radius 1 is 1.53 bits per heavy atom. The molecule has 1 aromatic carbocycles. The van der Waals surface area contributed by atoms with E-state index in [0.717, 1.165) is 19.4 Å². The first kappa shape index (κ1) is 13.3. The molecule has 0 amide bonds. The average Bonchev–Trinajstić information content (AvgIpc) is 2.34. The summed E-state index contributed by atoms with van der Waals surface area (Å²) in [6.45, 7) is 2.88. The first-order valence-electron chi connectivity index (χ1n) is 5.59. The molecule has 0 radical (unpaired) electrons. The van der Waals surface area contributed by atoms with Gasteiger partial charge in [-0.1, -0.05) is 24.6 Å². The summed E-state index contributed by atoms with van der Waals surface area (Å²) >= 11 is 0. The first-order valence-corrected chi connectivity index (χ1v) is 5.59. The van der Waals surface area contributed by atoms with Crippen LogP contribution in [0, 0.1) is 5.82 Å². The van der Waals surface area contributed by atoms with Crippen molar-refractivity contribution < 1.29 is 9.60 Å². The molecule has 0 aromatic heterocycles. The normalized spacial score (nSPS) is 11.6. The quantitative estimate of drug-likeness (QED) is 0.358. The third-order valence-electron chi connectivity index (χ3n) is 2.61. The summed E-state index contributed by atoms with van der Waals surface area (Å²) in [6, 6.07) is 4.66. The Morgan fingerprint density at radius 3 is 2.82 bits per heavy atom. The standard InChI is InChI=1S/C12H18FN3O/c1-3-4-8-16(2)10-7-5-6-9(13)11(10)12(14)15-17/h5-7,17H,3-4,8H2,1-2H3,(H2,14,15). The molecule has 3 N–H and O–H groups in total. The predicted octanol–water partition coefficient (Wildman–Crippen LogP) is 2.16. The van der Waals surface area contributed by atoms with E-state index >= 15 is 0 Å². The van der Waals surface area contributed by atoms with E-state index in [4.69, 9.17) is 10.9 Å². The van der Waals surface area contributed by atoms with Gasteiger partial charge in [0.05, 0.1) is 11.3 Å². The highest BCUT2D eigenvalue weighted by Gasteiger charge is 2.15. The van der Waals surface area contributed by atoms with Crippen molar-refractivity contribution in [2.75, 3.05) is 18.5 Å². The number of anilines is 1. The summed E-state index contributed by atoms with van der Waals surface area (Å²) in [5.41, 5.74) is 6.28. The fourth-order valence-corrected chi connectivity index (χ4v) is 1.65. The molecule has 5 heteroatoms. The number of rotatable bonds is 5. The maximum absolute atomic E-state index is 13.7. The molecule has 0 saturated heterocycles. The van der Waals surface area contributed by atoms with Crippen molar-refractivity contribution in [2.24, 2.45) is 10.9 Å². The maximum Gasteiger partial charge on any atom is 0.175 e. The molecule has 0 aliphatic carbocycles. The number of amidine groups is 1. The zero-order valence-corrected chi connectivity index (χ0v) is 10.2.